The Morgan fingerprint density at radius 1 is 1.09 bits per heavy atom. The lowest BCUT2D eigenvalue weighted by Crippen LogP contribution is -2.29. The third-order valence-electron chi connectivity index (χ3n) is 3.93. The van der Waals surface area contributed by atoms with Crippen LogP contribution in [-0.2, 0) is 6.42 Å². The molecule has 2 nitrogen and oxygen atoms in total. The van der Waals surface area contributed by atoms with E-state index in [0.29, 0.717) is 6.04 Å². The first-order valence-electron chi connectivity index (χ1n) is 7.73. The van der Waals surface area contributed by atoms with Crippen LogP contribution in [0, 0.1) is 0 Å². The van der Waals surface area contributed by atoms with E-state index >= 15 is 0 Å². The SMILES string of the molecule is COc1cccc(C(C)NC(C)CCc2ccccc2Cl)c1. The second-order valence-corrected chi connectivity index (χ2v) is 6.10. The Labute approximate surface area is 138 Å². The number of hydrogen-bond donors (Lipinski definition) is 1. The molecule has 1 N–H and O–H groups in total. The van der Waals surface area contributed by atoms with Gasteiger partial charge in [0.15, 0.2) is 0 Å². The van der Waals surface area contributed by atoms with Gasteiger partial charge in [0.05, 0.1) is 7.11 Å². The van der Waals surface area contributed by atoms with E-state index in [2.05, 4.69) is 37.4 Å². The molecule has 118 valence electrons. The predicted octanol–water partition coefficient (Wildman–Crippen LogP) is 5.02. The van der Waals surface area contributed by atoms with Crippen LogP contribution in [0.3, 0.4) is 0 Å². The zero-order valence-electron chi connectivity index (χ0n) is 13.5. The van der Waals surface area contributed by atoms with Crippen molar-refractivity contribution in [1.29, 1.82) is 0 Å². The van der Waals surface area contributed by atoms with Crippen LogP contribution >= 0.6 is 11.6 Å². The van der Waals surface area contributed by atoms with E-state index in [1.807, 2.05) is 30.3 Å². The molecule has 0 saturated carbocycles. The highest BCUT2D eigenvalue weighted by atomic mass is 35.5. The first kappa shape index (κ1) is 16.9. The topological polar surface area (TPSA) is 21.3 Å². The first-order chi connectivity index (χ1) is 10.6. The van der Waals surface area contributed by atoms with Gasteiger partial charge in [-0.3, -0.25) is 0 Å². The van der Waals surface area contributed by atoms with Gasteiger partial charge < -0.3 is 10.1 Å². The normalized spacial score (nSPS) is 13.6. The number of halogens is 1. The molecule has 0 radical (unpaired) electrons. The smallest absolute Gasteiger partial charge is 0.119 e. The van der Waals surface area contributed by atoms with Gasteiger partial charge >= 0.3 is 0 Å². The van der Waals surface area contributed by atoms with Crippen LogP contribution in [0.15, 0.2) is 48.5 Å². The fourth-order valence-corrected chi connectivity index (χ4v) is 2.82. The lowest BCUT2D eigenvalue weighted by Gasteiger charge is -2.21. The Bertz CT molecular complexity index is 599. The molecular weight excluding hydrogens is 294 g/mol. The van der Waals surface area contributed by atoms with Crippen LogP contribution in [0.4, 0.5) is 0 Å². The van der Waals surface area contributed by atoms with Crippen molar-refractivity contribution in [2.75, 3.05) is 7.11 Å². The maximum absolute atomic E-state index is 6.21. The molecule has 0 aliphatic carbocycles. The number of methoxy groups -OCH3 is 1. The van der Waals surface area contributed by atoms with Crippen molar-refractivity contribution in [3.8, 4) is 5.75 Å². The second-order valence-electron chi connectivity index (χ2n) is 5.70. The molecule has 2 aromatic carbocycles. The molecule has 0 bridgehead atoms. The molecule has 0 fully saturated rings. The van der Waals surface area contributed by atoms with Gasteiger partial charge in [-0.05, 0) is 56.0 Å². The average molecular weight is 318 g/mol. The van der Waals surface area contributed by atoms with E-state index in [-0.39, 0.29) is 6.04 Å². The maximum Gasteiger partial charge on any atom is 0.119 e. The van der Waals surface area contributed by atoms with E-state index in [9.17, 15) is 0 Å². The lowest BCUT2D eigenvalue weighted by atomic mass is 10.0. The fourth-order valence-electron chi connectivity index (χ4n) is 2.59. The van der Waals surface area contributed by atoms with Crippen molar-refractivity contribution in [2.45, 2.75) is 38.8 Å². The summed E-state index contributed by atoms with van der Waals surface area (Å²) in [6.45, 7) is 4.40. The summed E-state index contributed by atoms with van der Waals surface area (Å²) in [7, 11) is 1.70. The number of ether oxygens (including phenoxy) is 1. The minimum absolute atomic E-state index is 0.288. The molecule has 0 spiro atoms. The van der Waals surface area contributed by atoms with Gasteiger partial charge in [0, 0.05) is 17.1 Å². The van der Waals surface area contributed by atoms with Gasteiger partial charge in [-0.25, -0.2) is 0 Å². The number of aryl methyl sites for hydroxylation is 1. The molecule has 0 saturated heterocycles. The largest absolute Gasteiger partial charge is 0.497 e. The van der Waals surface area contributed by atoms with Crippen LogP contribution in [0.1, 0.15) is 37.4 Å². The van der Waals surface area contributed by atoms with E-state index in [0.717, 1.165) is 23.6 Å². The van der Waals surface area contributed by atoms with Crippen molar-refractivity contribution >= 4 is 11.6 Å². The molecule has 3 heteroatoms. The van der Waals surface area contributed by atoms with Gasteiger partial charge in [0.2, 0.25) is 0 Å². The molecule has 2 atom stereocenters. The lowest BCUT2D eigenvalue weighted by molar-refractivity contribution is 0.411. The van der Waals surface area contributed by atoms with Crippen LogP contribution in [0.25, 0.3) is 0 Å². The zero-order valence-corrected chi connectivity index (χ0v) is 14.2. The molecule has 0 amide bonds. The third kappa shape index (κ3) is 4.75. The molecule has 2 aromatic rings. The summed E-state index contributed by atoms with van der Waals surface area (Å²) >= 11 is 6.21. The minimum atomic E-state index is 0.288. The van der Waals surface area contributed by atoms with Gasteiger partial charge in [-0.1, -0.05) is 41.9 Å². The average Bonchev–Trinajstić information content (AvgIpc) is 2.54. The molecule has 2 unspecified atom stereocenters. The highest BCUT2D eigenvalue weighted by Gasteiger charge is 2.11. The molecule has 0 aliphatic rings. The van der Waals surface area contributed by atoms with Crippen molar-refractivity contribution in [2.24, 2.45) is 0 Å². The Kier molecular flexibility index (Phi) is 6.29. The molecule has 0 heterocycles. The highest BCUT2D eigenvalue weighted by Crippen LogP contribution is 2.21. The summed E-state index contributed by atoms with van der Waals surface area (Å²) in [4.78, 5) is 0. The Hall–Kier alpha value is -1.51. The Morgan fingerprint density at radius 3 is 2.59 bits per heavy atom. The fraction of sp³-hybridized carbons (Fsp3) is 0.368. The summed E-state index contributed by atoms with van der Waals surface area (Å²) < 4.78 is 5.29. The van der Waals surface area contributed by atoms with Gasteiger partial charge in [0.1, 0.15) is 5.75 Å². The standard InChI is InChI=1S/C19H24ClNO/c1-14(11-12-16-7-4-5-10-19(16)20)21-15(2)17-8-6-9-18(13-17)22-3/h4-10,13-15,21H,11-12H2,1-3H3. The van der Waals surface area contributed by atoms with Crippen molar-refractivity contribution in [3.05, 3.63) is 64.7 Å². The number of nitrogens with one attached hydrogen (secondary N) is 1. The quantitative estimate of drug-likeness (QED) is 0.774. The van der Waals surface area contributed by atoms with Gasteiger partial charge in [0.25, 0.3) is 0 Å². The van der Waals surface area contributed by atoms with E-state index in [1.165, 1.54) is 11.1 Å². The van der Waals surface area contributed by atoms with Crippen LogP contribution in [-0.4, -0.2) is 13.2 Å². The number of benzene rings is 2. The monoisotopic (exact) mass is 317 g/mol. The Balaban J connectivity index is 1.88. The van der Waals surface area contributed by atoms with Crippen molar-refractivity contribution in [1.82, 2.24) is 5.32 Å². The molecule has 0 aromatic heterocycles. The maximum atomic E-state index is 6.21. The first-order valence-corrected chi connectivity index (χ1v) is 8.11. The summed E-state index contributed by atoms with van der Waals surface area (Å²) in [5.74, 6) is 0.898. The summed E-state index contributed by atoms with van der Waals surface area (Å²) in [5, 5.41) is 4.50. The molecule has 0 aliphatic heterocycles. The van der Waals surface area contributed by atoms with Crippen LogP contribution in [0.5, 0.6) is 5.75 Å². The third-order valence-corrected chi connectivity index (χ3v) is 4.30. The predicted molar refractivity (Wildman–Crippen MR) is 93.8 cm³/mol. The van der Waals surface area contributed by atoms with E-state index in [1.54, 1.807) is 7.11 Å². The molecule has 2 rings (SSSR count). The summed E-state index contributed by atoms with van der Waals surface area (Å²) in [5.41, 5.74) is 2.45. The van der Waals surface area contributed by atoms with Gasteiger partial charge in [-0.2, -0.15) is 0 Å². The van der Waals surface area contributed by atoms with E-state index in [4.69, 9.17) is 16.3 Å². The van der Waals surface area contributed by atoms with Gasteiger partial charge in [-0.15, -0.1) is 0 Å². The number of hydrogen-bond acceptors (Lipinski definition) is 2. The van der Waals surface area contributed by atoms with Crippen LogP contribution < -0.4 is 10.1 Å². The van der Waals surface area contributed by atoms with Crippen LogP contribution in [0.2, 0.25) is 5.02 Å². The molecule has 22 heavy (non-hydrogen) atoms. The zero-order chi connectivity index (χ0) is 15.9. The van der Waals surface area contributed by atoms with Crippen molar-refractivity contribution in [3.63, 3.8) is 0 Å². The number of rotatable bonds is 7. The van der Waals surface area contributed by atoms with Crippen molar-refractivity contribution < 1.29 is 4.74 Å². The summed E-state index contributed by atoms with van der Waals surface area (Å²) in [6, 6.07) is 17.0. The summed E-state index contributed by atoms with van der Waals surface area (Å²) in [6.07, 6.45) is 2.04. The second kappa shape index (κ2) is 8.21. The van der Waals surface area contributed by atoms with E-state index < -0.39 is 0 Å². The Morgan fingerprint density at radius 2 is 1.86 bits per heavy atom. The molecular formula is C19H24ClNO. The highest BCUT2D eigenvalue weighted by molar-refractivity contribution is 6.31. The minimum Gasteiger partial charge on any atom is -0.497 e.